The molecule has 3 rings (SSSR count). The molecule has 35 heavy (non-hydrogen) atoms. The number of aryl methyl sites for hydroxylation is 2. The van der Waals surface area contributed by atoms with Crippen molar-refractivity contribution in [2.45, 2.75) is 47.3 Å². The molecule has 0 aliphatic heterocycles. The minimum atomic E-state index is -0.786. The van der Waals surface area contributed by atoms with Gasteiger partial charge in [-0.25, -0.2) is 5.43 Å². The third kappa shape index (κ3) is 5.65. The Kier molecular flexibility index (Phi) is 7.85. The van der Waals surface area contributed by atoms with E-state index in [1.807, 2.05) is 37.3 Å². The molecule has 184 valence electrons. The highest BCUT2D eigenvalue weighted by atomic mass is 16.6. The standard InChI is InChI=1S/C25H29N5O5/c1-15-9-7-8-10-21(15)14-35-22-12-11-20(13-23(22)34-6)16(2)26-27-25(31)19(5)29-18(4)24(30(32)33)17(3)28-29/h7-13,19H,14H2,1-6H3,(H,27,31)/b26-16+. The van der Waals surface area contributed by atoms with Crippen LogP contribution in [-0.4, -0.2) is 33.4 Å². The van der Waals surface area contributed by atoms with Crippen LogP contribution in [0.3, 0.4) is 0 Å². The van der Waals surface area contributed by atoms with Crippen LogP contribution in [0, 0.1) is 30.9 Å². The number of amides is 1. The van der Waals surface area contributed by atoms with Gasteiger partial charge in [0.05, 0.1) is 17.7 Å². The second-order valence-corrected chi connectivity index (χ2v) is 8.15. The molecule has 1 N–H and O–H groups in total. The summed E-state index contributed by atoms with van der Waals surface area (Å²) in [7, 11) is 1.56. The SMILES string of the molecule is COc1cc(/C(C)=N/NC(=O)C(C)n2nc(C)c([N+](=O)[O-])c2C)ccc1OCc1ccccc1C. The number of carbonyl (C=O) groups excluding carboxylic acids is 1. The second-order valence-electron chi connectivity index (χ2n) is 8.15. The van der Waals surface area contributed by atoms with Crippen LogP contribution in [0.15, 0.2) is 47.6 Å². The Balaban J connectivity index is 1.71. The van der Waals surface area contributed by atoms with Gasteiger partial charge >= 0.3 is 5.69 Å². The molecule has 1 aromatic heterocycles. The van der Waals surface area contributed by atoms with Gasteiger partial charge in [-0.1, -0.05) is 24.3 Å². The molecule has 1 unspecified atom stereocenters. The molecular weight excluding hydrogens is 450 g/mol. The van der Waals surface area contributed by atoms with Gasteiger partial charge in [0, 0.05) is 5.56 Å². The molecule has 0 aliphatic rings. The molecule has 2 aromatic carbocycles. The van der Waals surface area contributed by atoms with Crippen molar-refractivity contribution in [3.05, 3.63) is 80.7 Å². The highest BCUT2D eigenvalue weighted by Crippen LogP contribution is 2.29. The summed E-state index contributed by atoms with van der Waals surface area (Å²) < 4.78 is 12.8. The molecule has 3 aromatic rings. The molecule has 0 saturated carbocycles. The largest absolute Gasteiger partial charge is 0.493 e. The molecule has 0 radical (unpaired) electrons. The topological polar surface area (TPSA) is 121 Å². The number of carbonyl (C=O) groups is 1. The monoisotopic (exact) mass is 479 g/mol. The molecule has 10 nitrogen and oxygen atoms in total. The number of hydrazone groups is 1. The first-order valence-corrected chi connectivity index (χ1v) is 11.0. The van der Waals surface area contributed by atoms with Crippen LogP contribution in [-0.2, 0) is 11.4 Å². The molecule has 0 fully saturated rings. The number of benzene rings is 2. The van der Waals surface area contributed by atoms with Gasteiger partial charge in [0.15, 0.2) is 11.5 Å². The Morgan fingerprint density at radius 1 is 1.20 bits per heavy atom. The van der Waals surface area contributed by atoms with Crippen molar-refractivity contribution in [2.75, 3.05) is 7.11 Å². The highest BCUT2D eigenvalue weighted by Gasteiger charge is 2.27. The van der Waals surface area contributed by atoms with E-state index in [9.17, 15) is 14.9 Å². The van der Waals surface area contributed by atoms with Gasteiger partial charge < -0.3 is 9.47 Å². The maximum atomic E-state index is 12.7. The third-order valence-corrected chi connectivity index (χ3v) is 5.78. The Morgan fingerprint density at radius 3 is 2.54 bits per heavy atom. The van der Waals surface area contributed by atoms with E-state index in [1.54, 1.807) is 40.0 Å². The lowest BCUT2D eigenvalue weighted by Gasteiger charge is -2.14. The van der Waals surface area contributed by atoms with Crippen molar-refractivity contribution in [1.29, 1.82) is 0 Å². The van der Waals surface area contributed by atoms with E-state index in [-0.39, 0.29) is 11.4 Å². The number of ether oxygens (including phenoxy) is 2. The van der Waals surface area contributed by atoms with E-state index >= 15 is 0 Å². The van der Waals surface area contributed by atoms with Crippen LogP contribution in [0.25, 0.3) is 0 Å². The lowest BCUT2D eigenvalue weighted by atomic mass is 10.1. The zero-order valence-corrected chi connectivity index (χ0v) is 20.7. The number of nitro groups is 1. The first-order chi connectivity index (χ1) is 16.6. The normalized spacial score (nSPS) is 12.2. The Morgan fingerprint density at radius 2 is 1.91 bits per heavy atom. The molecule has 0 aliphatic carbocycles. The molecule has 1 heterocycles. The Bertz CT molecular complexity index is 1280. The summed E-state index contributed by atoms with van der Waals surface area (Å²) in [6, 6.07) is 12.6. The van der Waals surface area contributed by atoms with Gasteiger partial charge in [0.2, 0.25) is 0 Å². The summed E-state index contributed by atoms with van der Waals surface area (Å²) >= 11 is 0. The predicted molar refractivity (Wildman–Crippen MR) is 132 cm³/mol. The summed E-state index contributed by atoms with van der Waals surface area (Å²) in [5.74, 6) is 0.686. The van der Waals surface area contributed by atoms with Gasteiger partial charge in [-0.3, -0.25) is 19.6 Å². The Labute approximate surface area is 203 Å². The number of methoxy groups -OCH3 is 1. The average Bonchev–Trinajstić information content (AvgIpc) is 3.14. The first kappa shape index (κ1) is 25.4. The van der Waals surface area contributed by atoms with Crippen molar-refractivity contribution in [3.63, 3.8) is 0 Å². The van der Waals surface area contributed by atoms with Gasteiger partial charge in [0.25, 0.3) is 5.91 Å². The first-order valence-electron chi connectivity index (χ1n) is 11.0. The van der Waals surface area contributed by atoms with Gasteiger partial charge in [-0.05, 0) is 63.9 Å². The van der Waals surface area contributed by atoms with Crippen LogP contribution in [0.4, 0.5) is 5.69 Å². The molecule has 1 atom stereocenters. The van der Waals surface area contributed by atoms with E-state index in [0.29, 0.717) is 29.5 Å². The zero-order chi connectivity index (χ0) is 25.7. The number of rotatable bonds is 9. The maximum Gasteiger partial charge on any atom is 0.312 e. The fourth-order valence-corrected chi connectivity index (χ4v) is 3.64. The lowest BCUT2D eigenvalue weighted by Crippen LogP contribution is -2.29. The number of hydrogen-bond donors (Lipinski definition) is 1. The quantitative estimate of drug-likeness (QED) is 0.276. The van der Waals surface area contributed by atoms with Gasteiger partial charge in [0.1, 0.15) is 24.0 Å². The summed E-state index contributed by atoms with van der Waals surface area (Å²) in [5, 5.41) is 19.6. The number of aromatic nitrogens is 2. The molecule has 0 spiro atoms. The van der Waals surface area contributed by atoms with Crippen molar-refractivity contribution < 1.29 is 19.2 Å². The zero-order valence-electron chi connectivity index (χ0n) is 20.7. The summed E-state index contributed by atoms with van der Waals surface area (Å²) in [4.78, 5) is 23.4. The fraction of sp³-hybridized carbons (Fsp3) is 0.320. The maximum absolute atomic E-state index is 12.7. The smallest absolute Gasteiger partial charge is 0.312 e. The molecule has 1 amide bonds. The third-order valence-electron chi connectivity index (χ3n) is 5.78. The summed E-state index contributed by atoms with van der Waals surface area (Å²) in [5.41, 5.74) is 6.49. The average molecular weight is 480 g/mol. The van der Waals surface area contributed by atoms with E-state index in [0.717, 1.165) is 16.7 Å². The van der Waals surface area contributed by atoms with Gasteiger partial charge in [-0.15, -0.1) is 0 Å². The van der Waals surface area contributed by atoms with E-state index in [1.165, 1.54) is 11.6 Å². The highest BCUT2D eigenvalue weighted by molar-refractivity contribution is 5.99. The van der Waals surface area contributed by atoms with Crippen molar-refractivity contribution in [3.8, 4) is 11.5 Å². The van der Waals surface area contributed by atoms with Crippen LogP contribution in [0.1, 0.15) is 48.0 Å². The molecular formula is C25H29N5O5. The minimum absolute atomic E-state index is 0.0961. The van der Waals surface area contributed by atoms with Gasteiger partial charge in [-0.2, -0.15) is 10.2 Å². The van der Waals surface area contributed by atoms with Crippen molar-refractivity contribution in [2.24, 2.45) is 5.10 Å². The predicted octanol–water partition coefficient (Wildman–Crippen LogP) is 4.41. The number of hydrogen-bond acceptors (Lipinski definition) is 7. The number of nitrogens with zero attached hydrogens (tertiary/aromatic N) is 4. The van der Waals surface area contributed by atoms with E-state index < -0.39 is 16.9 Å². The Hall–Kier alpha value is -4.21. The fourth-order valence-electron chi connectivity index (χ4n) is 3.64. The molecule has 10 heteroatoms. The minimum Gasteiger partial charge on any atom is -0.493 e. The van der Waals surface area contributed by atoms with E-state index in [2.05, 4.69) is 15.6 Å². The molecule has 0 bridgehead atoms. The van der Waals surface area contributed by atoms with Crippen LogP contribution in [0.5, 0.6) is 11.5 Å². The van der Waals surface area contributed by atoms with E-state index in [4.69, 9.17) is 9.47 Å². The van der Waals surface area contributed by atoms with Crippen LogP contribution < -0.4 is 14.9 Å². The lowest BCUT2D eigenvalue weighted by molar-refractivity contribution is -0.386. The second kappa shape index (κ2) is 10.8. The van der Waals surface area contributed by atoms with Crippen molar-refractivity contribution in [1.82, 2.24) is 15.2 Å². The van der Waals surface area contributed by atoms with Crippen molar-refractivity contribution >= 4 is 17.3 Å². The number of nitrogens with one attached hydrogen (secondary N) is 1. The summed E-state index contributed by atoms with van der Waals surface area (Å²) in [6.45, 7) is 8.90. The summed E-state index contributed by atoms with van der Waals surface area (Å²) in [6.07, 6.45) is 0. The van der Waals surface area contributed by atoms with Crippen LogP contribution in [0.2, 0.25) is 0 Å². The molecule has 0 saturated heterocycles. The van der Waals surface area contributed by atoms with Crippen LogP contribution >= 0.6 is 0 Å².